The van der Waals surface area contributed by atoms with Crippen molar-refractivity contribution in [1.82, 2.24) is 5.43 Å². The van der Waals surface area contributed by atoms with Gasteiger partial charge in [0.15, 0.2) is 0 Å². The molecule has 0 saturated carbocycles. The highest BCUT2D eigenvalue weighted by Crippen LogP contribution is 2.18. The summed E-state index contributed by atoms with van der Waals surface area (Å²) in [5, 5.41) is 9.00. The normalized spacial score (nSPS) is 10.6. The molecule has 0 atom stereocenters. The molecule has 3 amide bonds. The van der Waals surface area contributed by atoms with Gasteiger partial charge >= 0.3 is 17.8 Å². The van der Waals surface area contributed by atoms with Crippen LogP contribution in [0.1, 0.15) is 37.4 Å². The molecule has 9 heteroatoms. The maximum atomic E-state index is 12.8. The Morgan fingerprint density at radius 3 is 2.00 bits per heavy atom. The van der Waals surface area contributed by atoms with E-state index in [4.69, 9.17) is 4.74 Å². The largest absolute Gasteiger partial charge is 0.423 e. The van der Waals surface area contributed by atoms with E-state index in [2.05, 4.69) is 21.2 Å². The molecule has 0 bridgehead atoms. The van der Waals surface area contributed by atoms with Crippen molar-refractivity contribution < 1.29 is 23.9 Å². The predicted molar refractivity (Wildman–Crippen MR) is 153 cm³/mol. The summed E-state index contributed by atoms with van der Waals surface area (Å²) in [5.74, 6) is -2.59. The number of nitrogens with zero attached hydrogens (tertiary/aromatic N) is 1. The van der Waals surface area contributed by atoms with Gasteiger partial charge in [0.05, 0.1) is 23.0 Å². The Bertz CT molecular complexity index is 1560. The van der Waals surface area contributed by atoms with Crippen molar-refractivity contribution in [1.29, 1.82) is 0 Å². The highest BCUT2D eigenvalue weighted by molar-refractivity contribution is 6.40. The van der Waals surface area contributed by atoms with E-state index >= 15 is 0 Å². The SMILES string of the molecule is Cc1ccc(NC(=O)c2ccccc2NC(=O)C(=O)N/N=C/c2ccc(OC(=O)c3ccc(C)cc3)cc2)cc1. The molecule has 3 N–H and O–H groups in total. The molecule has 0 saturated heterocycles. The van der Waals surface area contributed by atoms with Gasteiger partial charge in [-0.3, -0.25) is 14.4 Å². The van der Waals surface area contributed by atoms with Crippen molar-refractivity contribution in [3.63, 3.8) is 0 Å². The van der Waals surface area contributed by atoms with Gasteiger partial charge in [-0.25, -0.2) is 10.2 Å². The highest BCUT2D eigenvalue weighted by atomic mass is 16.5. The predicted octanol–water partition coefficient (Wildman–Crippen LogP) is 4.86. The van der Waals surface area contributed by atoms with Crippen LogP contribution in [0.3, 0.4) is 0 Å². The van der Waals surface area contributed by atoms with E-state index in [1.165, 1.54) is 18.3 Å². The summed E-state index contributed by atoms with van der Waals surface area (Å²) in [6, 6.07) is 27.1. The number of nitrogens with one attached hydrogen (secondary N) is 3. The molecule has 0 unspecified atom stereocenters. The average molecular weight is 535 g/mol. The molecule has 4 aromatic carbocycles. The Labute approximate surface area is 230 Å². The maximum absolute atomic E-state index is 12.8. The number of carbonyl (C=O) groups excluding carboxylic acids is 4. The van der Waals surface area contributed by atoms with Crippen molar-refractivity contribution in [3.05, 3.63) is 125 Å². The monoisotopic (exact) mass is 534 g/mol. The van der Waals surface area contributed by atoms with Gasteiger partial charge in [0, 0.05) is 5.69 Å². The van der Waals surface area contributed by atoms with Crippen LogP contribution in [-0.4, -0.2) is 29.9 Å². The van der Waals surface area contributed by atoms with Gasteiger partial charge in [-0.1, -0.05) is 47.5 Å². The van der Waals surface area contributed by atoms with Gasteiger partial charge in [0.25, 0.3) is 5.91 Å². The van der Waals surface area contributed by atoms with Gasteiger partial charge < -0.3 is 15.4 Å². The summed E-state index contributed by atoms with van der Waals surface area (Å²) >= 11 is 0. The first-order valence-electron chi connectivity index (χ1n) is 12.3. The van der Waals surface area contributed by atoms with Crippen molar-refractivity contribution in [3.8, 4) is 5.75 Å². The first kappa shape index (κ1) is 27.5. The Morgan fingerprint density at radius 1 is 0.700 bits per heavy atom. The minimum absolute atomic E-state index is 0.173. The molecule has 0 aliphatic carbocycles. The molecular formula is C31H26N4O5. The molecule has 9 nitrogen and oxygen atoms in total. The fraction of sp³-hybridized carbons (Fsp3) is 0.0645. The Hall–Kier alpha value is -5.57. The van der Waals surface area contributed by atoms with Crippen LogP contribution in [0.15, 0.2) is 102 Å². The third kappa shape index (κ3) is 7.48. The molecule has 0 fully saturated rings. The fourth-order valence-corrected chi connectivity index (χ4v) is 3.50. The zero-order chi connectivity index (χ0) is 28.5. The van der Waals surface area contributed by atoms with E-state index in [-0.39, 0.29) is 11.3 Å². The number of hydrazone groups is 1. The van der Waals surface area contributed by atoms with Gasteiger partial charge in [-0.15, -0.1) is 0 Å². The number of rotatable bonds is 7. The second kappa shape index (κ2) is 12.8. The summed E-state index contributed by atoms with van der Waals surface area (Å²) in [6.45, 7) is 3.87. The van der Waals surface area contributed by atoms with Crippen LogP contribution in [0.25, 0.3) is 0 Å². The topological polar surface area (TPSA) is 126 Å². The summed E-state index contributed by atoms with van der Waals surface area (Å²) in [5.41, 5.74) is 6.23. The second-order valence-corrected chi connectivity index (χ2v) is 8.84. The zero-order valence-electron chi connectivity index (χ0n) is 21.8. The number of para-hydroxylation sites is 1. The standard InChI is InChI=1S/C31H26N4O5/c1-20-7-13-23(14-8-20)31(39)40-25-17-11-22(12-18-25)19-32-35-30(38)29(37)34-27-6-4-3-5-26(27)28(36)33-24-15-9-21(2)10-16-24/h3-19H,1-2H3,(H,33,36)(H,34,37)(H,35,38)/b32-19+. The van der Waals surface area contributed by atoms with Crippen molar-refractivity contribution in [2.75, 3.05) is 10.6 Å². The summed E-state index contributed by atoms with van der Waals surface area (Å²) < 4.78 is 5.36. The van der Waals surface area contributed by atoms with Crippen LogP contribution < -0.4 is 20.8 Å². The fourth-order valence-electron chi connectivity index (χ4n) is 3.50. The summed E-state index contributed by atoms with van der Waals surface area (Å²) in [7, 11) is 0. The summed E-state index contributed by atoms with van der Waals surface area (Å²) in [6.07, 6.45) is 1.33. The number of ether oxygens (including phenoxy) is 1. The molecule has 4 rings (SSSR count). The first-order valence-corrected chi connectivity index (χ1v) is 12.3. The van der Waals surface area contributed by atoms with Crippen molar-refractivity contribution in [2.45, 2.75) is 13.8 Å². The van der Waals surface area contributed by atoms with Crippen molar-refractivity contribution >= 4 is 41.3 Å². The summed E-state index contributed by atoms with van der Waals surface area (Å²) in [4.78, 5) is 49.7. The van der Waals surface area contributed by atoms with E-state index in [1.807, 2.05) is 38.1 Å². The lowest BCUT2D eigenvalue weighted by molar-refractivity contribution is -0.136. The molecule has 0 aromatic heterocycles. The smallest absolute Gasteiger partial charge is 0.343 e. The van der Waals surface area contributed by atoms with Gasteiger partial charge in [0.1, 0.15) is 5.75 Å². The van der Waals surface area contributed by atoms with E-state index in [0.29, 0.717) is 22.6 Å². The molecule has 0 aliphatic rings. The molecule has 200 valence electrons. The van der Waals surface area contributed by atoms with Crippen LogP contribution in [0.2, 0.25) is 0 Å². The van der Waals surface area contributed by atoms with Gasteiger partial charge in [0.2, 0.25) is 0 Å². The molecule has 0 aliphatic heterocycles. The number of esters is 1. The minimum Gasteiger partial charge on any atom is -0.423 e. The lowest BCUT2D eigenvalue weighted by Crippen LogP contribution is -2.33. The average Bonchev–Trinajstić information content (AvgIpc) is 2.95. The lowest BCUT2D eigenvalue weighted by atomic mass is 10.1. The number of amides is 3. The van der Waals surface area contributed by atoms with Crippen LogP contribution in [-0.2, 0) is 9.59 Å². The van der Waals surface area contributed by atoms with Crippen LogP contribution in [0.4, 0.5) is 11.4 Å². The number of hydrogen-bond donors (Lipinski definition) is 3. The van der Waals surface area contributed by atoms with Gasteiger partial charge in [-0.05, 0) is 80.1 Å². The maximum Gasteiger partial charge on any atom is 0.343 e. The molecule has 0 spiro atoms. The number of benzene rings is 4. The highest BCUT2D eigenvalue weighted by Gasteiger charge is 2.18. The first-order chi connectivity index (χ1) is 19.3. The van der Waals surface area contributed by atoms with Crippen molar-refractivity contribution in [2.24, 2.45) is 5.10 Å². The van der Waals surface area contributed by atoms with E-state index < -0.39 is 23.7 Å². The number of carbonyl (C=O) groups is 4. The minimum atomic E-state index is -1.02. The molecule has 0 radical (unpaired) electrons. The van der Waals surface area contributed by atoms with Gasteiger partial charge in [-0.2, -0.15) is 5.10 Å². The Morgan fingerprint density at radius 2 is 1.32 bits per heavy atom. The van der Waals surface area contributed by atoms with Crippen LogP contribution in [0, 0.1) is 13.8 Å². The number of hydrogen-bond acceptors (Lipinski definition) is 6. The molecule has 4 aromatic rings. The molecule has 0 heterocycles. The second-order valence-electron chi connectivity index (χ2n) is 8.84. The quantitative estimate of drug-likeness (QED) is 0.103. The number of anilines is 2. The Kier molecular flexibility index (Phi) is 8.78. The zero-order valence-corrected chi connectivity index (χ0v) is 21.8. The van der Waals surface area contributed by atoms with Crippen LogP contribution in [0.5, 0.6) is 5.75 Å². The van der Waals surface area contributed by atoms with E-state index in [1.54, 1.807) is 60.7 Å². The molecular weight excluding hydrogens is 508 g/mol. The molecule has 40 heavy (non-hydrogen) atoms. The van der Waals surface area contributed by atoms with Crippen LogP contribution >= 0.6 is 0 Å². The third-order valence-corrected chi connectivity index (χ3v) is 5.69. The Balaban J connectivity index is 1.30. The third-order valence-electron chi connectivity index (χ3n) is 5.69. The van der Waals surface area contributed by atoms with E-state index in [0.717, 1.165) is 11.1 Å². The lowest BCUT2D eigenvalue weighted by Gasteiger charge is -2.11. The van der Waals surface area contributed by atoms with E-state index in [9.17, 15) is 19.2 Å². The number of aryl methyl sites for hydroxylation is 2.